The van der Waals surface area contributed by atoms with Gasteiger partial charge in [-0.05, 0) is 42.0 Å². The molecule has 1 aliphatic heterocycles. The van der Waals surface area contributed by atoms with E-state index >= 15 is 0 Å². The van der Waals surface area contributed by atoms with Crippen molar-refractivity contribution < 1.29 is 13.9 Å². The van der Waals surface area contributed by atoms with Gasteiger partial charge in [-0.1, -0.05) is 0 Å². The van der Waals surface area contributed by atoms with Crippen molar-refractivity contribution in [3.63, 3.8) is 0 Å². The van der Waals surface area contributed by atoms with Crippen molar-refractivity contribution >= 4 is 11.6 Å². The van der Waals surface area contributed by atoms with E-state index in [4.69, 9.17) is 4.74 Å². The van der Waals surface area contributed by atoms with E-state index in [2.05, 4.69) is 10.1 Å². The van der Waals surface area contributed by atoms with Crippen molar-refractivity contribution in [2.45, 2.75) is 13.2 Å². The number of nitrogens with zero attached hydrogens (tertiary/aromatic N) is 4. The Balaban J connectivity index is 1.51. The van der Waals surface area contributed by atoms with Gasteiger partial charge in [0.25, 0.3) is 5.91 Å². The van der Waals surface area contributed by atoms with Gasteiger partial charge < -0.3 is 9.64 Å². The van der Waals surface area contributed by atoms with Crippen molar-refractivity contribution in [2.24, 2.45) is 7.05 Å². The minimum absolute atomic E-state index is 0.125. The molecule has 7 heteroatoms. The molecule has 4 rings (SSSR count). The summed E-state index contributed by atoms with van der Waals surface area (Å²) in [7, 11) is 1.85. The van der Waals surface area contributed by atoms with E-state index < -0.39 is 5.95 Å². The van der Waals surface area contributed by atoms with Crippen molar-refractivity contribution in [2.75, 3.05) is 4.90 Å². The minimum Gasteiger partial charge on any atom is -0.487 e. The smallest absolute Gasteiger partial charge is 0.258 e. The first kappa shape index (κ1) is 15.3. The first-order chi connectivity index (χ1) is 12.1. The zero-order chi connectivity index (χ0) is 17.4. The standard InChI is InChI=1S/C18H15FN4O2/c1-22-7-6-13(21-22)11-25-15-3-4-16-12(8-15)10-23(18(16)24)14-2-5-17(19)20-9-14/h2-9H,10-11H2,1H3. The summed E-state index contributed by atoms with van der Waals surface area (Å²) in [6, 6.07) is 10.1. The fourth-order valence-electron chi connectivity index (χ4n) is 2.82. The number of fused-ring (bicyclic) bond motifs is 1. The van der Waals surface area contributed by atoms with Crippen LogP contribution in [0.1, 0.15) is 21.6 Å². The topological polar surface area (TPSA) is 60.2 Å². The molecule has 0 N–H and O–H groups in total. The van der Waals surface area contributed by atoms with Gasteiger partial charge in [0, 0.05) is 18.8 Å². The summed E-state index contributed by atoms with van der Waals surface area (Å²) >= 11 is 0. The second-order valence-corrected chi connectivity index (χ2v) is 5.82. The van der Waals surface area contributed by atoms with Crippen LogP contribution in [-0.4, -0.2) is 20.7 Å². The van der Waals surface area contributed by atoms with Crippen LogP contribution in [0.5, 0.6) is 5.75 Å². The number of halogens is 1. The number of hydrogen-bond acceptors (Lipinski definition) is 4. The van der Waals surface area contributed by atoms with Gasteiger partial charge in [-0.15, -0.1) is 0 Å². The molecule has 0 atom stereocenters. The summed E-state index contributed by atoms with van der Waals surface area (Å²) in [6.07, 6.45) is 3.21. The van der Waals surface area contributed by atoms with Crippen LogP contribution in [0, 0.1) is 5.95 Å². The second kappa shape index (κ2) is 6.01. The Morgan fingerprint density at radius 1 is 1.24 bits per heavy atom. The number of aromatic nitrogens is 3. The third-order valence-corrected chi connectivity index (χ3v) is 4.06. The summed E-state index contributed by atoms with van der Waals surface area (Å²) in [5, 5.41) is 4.26. The fraction of sp³-hybridized carbons (Fsp3) is 0.167. The molecular formula is C18H15FN4O2. The zero-order valence-corrected chi connectivity index (χ0v) is 13.5. The Kier molecular flexibility index (Phi) is 3.68. The molecule has 0 saturated carbocycles. The number of pyridine rings is 1. The minimum atomic E-state index is -0.571. The number of rotatable bonds is 4. The Hall–Kier alpha value is -3.22. The molecule has 3 aromatic rings. The number of ether oxygens (including phenoxy) is 1. The highest BCUT2D eigenvalue weighted by Gasteiger charge is 2.29. The lowest BCUT2D eigenvalue weighted by Crippen LogP contribution is -2.23. The van der Waals surface area contributed by atoms with Gasteiger partial charge >= 0.3 is 0 Å². The van der Waals surface area contributed by atoms with Gasteiger partial charge in [0.05, 0.1) is 24.1 Å². The molecule has 3 heterocycles. The molecule has 0 saturated heterocycles. The molecule has 0 radical (unpaired) electrons. The third kappa shape index (κ3) is 2.96. The summed E-state index contributed by atoms with van der Waals surface area (Å²) in [4.78, 5) is 17.7. The predicted octanol–water partition coefficient (Wildman–Crippen LogP) is 2.69. The molecule has 25 heavy (non-hydrogen) atoms. The van der Waals surface area contributed by atoms with Crippen LogP contribution in [-0.2, 0) is 20.2 Å². The lowest BCUT2D eigenvalue weighted by molar-refractivity contribution is 0.0996. The van der Waals surface area contributed by atoms with Gasteiger partial charge in [0.1, 0.15) is 12.4 Å². The molecule has 1 aromatic carbocycles. The highest BCUT2D eigenvalue weighted by molar-refractivity contribution is 6.10. The summed E-state index contributed by atoms with van der Waals surface area (Å²) in [5.74, 6) is -0.0194. The van der Waals surface area contributed by atoms with Crippen molar-refractivity contribution in [3.8, 4) is 5.75 Å². The number of amides is 1. The first-order valence-electron chi connectivity index (χ1n) is 7.78. The fourth-order valence-corrected chi connectivity index (χ4v) is 2.82. The number of anilines is 1. The lowest BCUT2D eigenvalue weighted by atomic mass is 10.1. The molecule has 0 fully saturated rings. The van der Waals surface area contributed by atoms with Crippen LogP contribution in [0.25, 0.3) is 0 Å². The van der Waals surface area contributed by atoms with Crippen LogP contribution >= 0.6 is 0 Å². The maximum atomic E-state index is 13.0. The first-order valence-corrected chi connectivity index (χ1v) is 7.78. The van der Waals surface area contributed by atoms with Crippen LogP contribution in [0.15, 0.2) is 48.8 Å². The molecule has 1 amide bonds. The second-order valence-electron chi connectivity index (χ2n) is 5.82. The van der Waals surface area contributed by atoms with Crippen LogP contribution in [0.4, 0.5) is 10.1 Å². The maximum Gasteiger partial charge on any atom is 0.258 e. The Morgan fingerprint density at radius 3 is 2.84 bits per heavy atom. The summed E-state index contributed by atoms with van der Waals surface area (Å²) in [6.45, 7) is 0.765. The highest BCUT2D eigenvalue weighted by Crippen LogP contribution is 2.30. The van der Waals surface area contributed by atoms with Gasteiger partial charge in [-0.2, -0.15) is 9.49 Å². The van der Waals surface area contributed by atoms with E-state index in [1.165, 1.54) is 12.3 Å². The molecular weight excluding hydrogens is 323 g/mol. The molecule has 0 aliphatic carbocycles. The summed E-state index contributed by atoms with van der Waals surface area (Å²) in [5.41, 5.74) is 2.89. The van der Waals surface area contributed by atoms with Crippen molar-refractivity contribution in [1.29, 1.82) is 0 Å². The number of hydrogen-bond donors (Lipinski definition) is 0. The lowest BCUT2D eigenvalue weighted by Gasteiger charge is -2.14. The zero-order valence-electron chi connectivity index (χ0n) is 13.5. The van der Waals surface area contributed by atoms with Crippen LogP contribution < -0.4 is 9.64 Å². The molecule has 126 valence electrons. The highest BCUT2D eigenvalue weighted by atomic mass is 19.1. The van der Waals surface area contributed by atoms with Gasteiger partial charge in [-0.3, -0.25) is 9.48 Å². The Morgan fingerprint density at radius 2 is 2.12 bits per heavy atom. The molecule has 2 aromatic heterocycles. The van der Waals surface area contributed by atoms with E-state index in [0.717, 1.165) is 11.3 Å². The number of aryl methyl sites for hydroxylation is 1. The predicted molar refractivity (Wildman–Crippen MR) is 88.7 cm³/mol. The number of carbonyl (C=O) groups is 1. The van der Waals surface area contributed by atoms with Gasteiger partial charge in [0.15, 0.2) is 0 Å². The average Bonchev–Trinajstić information content (AvgIpc) is 3.17. The van der Waals surface area contributed by atoms with Crippen molar-refractivity contribution in [1.82, 2.24) is 14.8 Å². The molecule has 0 spiro atoms. The average molecular weight is 338 g/mol. The summed E-state index contributed by atoms with van der Waals surface area (Å²) < 4.78 is 20.4. The van der Waals surface area contributed by atoms with Crippen LogP contribution in [0.2, 0.25) is 0 Å². The van der Waals surface area contributed by atoms with Crippen molar-refractivity contribution in [3.05, 3.63) is 71.6 Å². The third-order valence-electron chi connectivity index (χ3n) is 4.06. The Bertz CT molecular complexity index is 937. The van der Waals surface area contributed by atoms with E-state index in [-0.39, 0.29) is 5.91 Å². The molecule has 1 aliphatic rings. The molecule has 6 nitrogen and oxygen atoms in total. The molecule has 0 unspecified atom stereocenters. The maximum absolute atomic E-state index is 13.0. The molecule has 0 bridgehead atoms. The quantitative estimate of drug-likeness (QED) is 0.686. The van der Waals surface area contributed by atoms with E-state index in [9.17, 15) is 9.18 Å². The van der Waals surface area contributed by atoms with Gasteiger partial charge in [-0.25, -0.2) is 4.98 Å². The monoisotopic (exact) mass is 338 g/mol. The van der Waals surface area contributed by atoms with E-state index in [1.807, 2.05) is 25.4 Å². The van der Waals surface area contributed by atoms with E-state index in [1.54, 1.807) is 27.8 Å². The number of benzene rings is 1. The Labute approximate surface area is 143 Å². The normalized spacial score (nSPS) is 13.2. The SMILES string of the molecule is Cn1ccc(COc2ccc3c(c2)CN(c2ccc(F)nc2)C3=O)n1. The largest absolute Gasteiger partial charge is 0.487 e. The van der Waals surface area contributed by atoms with Gasteiger partial charge in [0.2, 0.25) is 5.95 Å². The number of carbonyl (C=O) groups excluding carboxylic acids is 1. The van der Waals surface area contributed by atoms with Crippen LogP contribution in [0.3, 0.4) is 0 Å². The van der Waals surface area contributed by atoms with E-state index in [0.29, 0.717) is 30.2 Å².